The van der Waals surface area contributed by atoms with Crippen LogP contribution >= 0.6 is 0 Å². The van der Waals surface area contributed by atoms with Gasteiger partial charge in [-0.15, -0.1) is 0 Å². The summed E-state index contributed by atoms with van der Waals surface area (Å²) in [6.45, 7) is 7.84. The van der Waals surface area contributed by atoms with Crippen molar-refractivity contribution in [3.8, 4) is 17.2 Å². The molecule has 0 radical (unpaired) electrons. The Kier molecular flexibility index (Phi) is 7.78. The van der Waals surface area contributed by atoms with Crippen LogP contribution in [0.15, 0.2) is 34.0 Å². The first-order valence-electron chi connectivity index (χ1n) is 10.1. The summed E-state index contributed by atoms with van der Waals surface area (Å²) in [6, 6.07) is 5.75. The zero-order valence-corrected chi connectivity index (χ0v) is 18.2. The quantitative estimate of drug-likeness (QED) is 0.516. The maximum absolute atomic E-state index is 5.58. The number of benzene rings is 1. The molecule has 0 unspecified atom stereocenters. The molecule has 1 fully saturated rings. The number of aromatic nitrogens is 1. The monoisotopic (exact) mass is 417 g/mol. The number of guanidine groups is 1. The maximum Gasteiger partial charge on any atom is 0.203 e. The highest BCUT2D eigenvalue weighted by Gasteiger charge is 2.21. The zero-order valence-electron chi connectivity index (χ0n) is 18.2. The second kappa shape index (κ2) is 10.7. The number of nitrogens with one attached hydrogen (secondary N) is 1. The van der Waals surface area contributed by atoms with E-state index in [-0.39, 0.29) is 0 Å². The van der Waals surface area contributed by atoms with Gasteiger partial charge >= 0.3 is 0 Å². The molecule has 0 aliphatic carbocycles. The van der Waals surface area contributed by atoms with Crippen LogP contribution in [0.25, 0.3) is 0 Å². The second-order valence-electron chi connectivity index (χ2n) is 6.92. The molecule has 1 saturated heterocycles. The molecule has 30 heavy (non-hydrogen) atoms. The van der Waals surface area contributed by atoms with Gasteiger partial charge in [0.05, 0.1) is 33.6 Å². The Morgan fingerprint density at radius 1 is 1.07 bits per heavy atom. The molecule has 0 atom stereocenters. The first kappa shape index (κ1) is 21.8. The molecule has 2 aromatic rings. The van der Waals surface area contributed by atoms with Crippen LogP contribution in [0.1, 0.15) is 18.2 Å². The van der Waals surface area contributed by atoms with E-state index in [0.29, 0.717) is 23.8 Å². The van der Waals surface area contributed by atoms with E-state index in [4.69, 9.17) is 23.7 Å². The minimum atomic E-state index is 0.477. The van der Waals surface area contributed by atoms with Crippen LogP contribution < -0.4 is 19.5 Å². The summed E-state index contributed by atoms with van der Waals surface area (Å²) in [5.74, 6) is 2.76. The standard InChI is InChI=1S/C21H31N5O4/c1-5-22-21(26-11-9-25(10-12-26)15-17-8-13-30-24-17)23-14-16-6-7-18(27-2)20(29-4)19(16)28-3/h6-8,13H,5,9-12,14-15H2,1-4H3,(H,22,23). The van der Waals surface area contributed by atoms with Gasteiger partial charge in [0.2, 0.25) is 5.75 Å². The van der Waals surface area contributed by atoms with E-state index in [0.717, 1.165) is 56.5 Å². The largest absolute Gasteiger partial charge is 0.493 e. The lowest BCUT2D eigenvalue weighted by molar-refractivity contribution is 0.169. The Balaban J connectivity index is 1.68. The van der Waals surface area contributed by atoms with Crippen molar-refractivity contribution < 1.29 is 18.7 Å². The van der Waals surface area contributed by atoms with Gasteiger partial charge < -0.3 is 29.0 Å². The summed E-state index contributed by atoms with van der Waals surface area (Å²) in [5, 5.41) is 7.41. The summed E-state index contributed by atoms with van der Waals surface area (Å²) in [4.78, 5) is 9.51. The van der Waals surface area contributed by atoms with Gasteiger partial charge in [0.25, 0.3) is 0 Å². The van der Waals surface area contributed by atoms with Gasteiger partial charge in [0, 0.05) is 50.9 Å². The Morgan fingerprint density at radius 2 is 1.83 bits per heavy atom. The lowest BCUT2D eigenvalue weighted by Gasteiger charge is -2.36. The van der Waals surface area contributed by atoms with E-state index in [9.17, 15) is 0 Å². The number of aliphatic imine (C=N–C) groups is 1. The molecule has 0 saturated carbocycles. The Morgan fingerprint density at radius 3 is 2.43 bits per heavy atom. The van der Waals surface area contributed by atoms with Crippen LogP contribution in [0.4, 0.5) is 0 Å². The third-order valence-electron chi connectivity index (χ3n) is 5.07. The van der Waals surface area contributed by atoms with Gasteiger partial charge in [0.15, 0.2) is 17.5 Å². The van der Waals surface area contributed by atoms with Crippen LogP contribution in [0.2, 0.25) is 0 Å². The number of rotatable bonds is 8. The SMILES string of the molecule is CCNC(=NCc1ccc(OC)c(OC)c1OC)N1CCN(Cc2ccon2)CC1. The summed E-state index contributed by atoms with van der Waals surface area (Å²) in [6.07, 6.45) is 1.62. The second-order valence-corrected chi connectivity index (χ2v) is 6.92. The summed E-state index contributed by atoms with van der Waals surface area (Å²) in [5.41, 5.74) is 1.90. The molecule has 3 rings (SSSR count). The van der Waals surface area contributed by atoms with Crippen molar-refractivity contribution in [1.29, 1.82) is 0 Å². The number of nitrogens with zero attached hydrogens (tertiary/aromatic N) is 4. The third-order valence-corrected chi connectivity index (χ3v) is 5.07. The van der Waals surface area contributed by atoms with E-state index in [2.05, 4.69) is 27.2 Å². The van der Waals surface area contributed by atoms with Gasteiger partial charge in [-0.2, -0.15) is 0 Å². The van der Waals surface area contributed by atoms with Crippen molar-refractivity contribution in [2.45, 2.75) is 20.0 Å². The average molecular weight is 418 g/mol. The van der Waals surface area contributed by atoms with Gasteiger partial charge in [0.1, 0.15) is 6.26 Å². The minimum Gasteiger partial charge on any atom is -0.493 e. The number of hydrogen-bond donors (Lipinski definition) is 1. The van der Waals surface area contributed by atoms with E-state index in [1.165, 1.54) is 0 Å². The topological polar surface area (TPSA) is 84.6 Å². The molecule has 9 heteroatoms. The molecule has 1 aliphatic rings. The molecule has 0 spiro atoms. The van der Waals surface area contributed by atoms with Crippen molar-refractivity contribution in [1.82, 2.24) is 20.3 Å². The smallest absolute Gasteiger partial charge is 0.203 e. The molecule has 1 aliphatic heterocycles. The van der Waals surface area contributed by atoms with Gasteiger partial charge in [-0.3, -0.25) is 4.90 Å². The first-order chi connectivity index (χ1) is 14.7. The van der Waals surface area contributed by atoms with Crippen LogP contribution in [-0.4, -0.2) is 75.0 Å². The Labute approximate surface area is 177 Å². The predicted molar refractivity (Wildman–Crippen MR) is 114 cm³/mol. The fraction of sp³-hybridized carbons (Fsp3) is 0.524. The Bertz CT molecular complexity index is 817. The molecule has 2 heterocycles. The number of methoxy groups -OCH3 is 3. The molecular weight excluding hydrogens is 386 g/mol. The summed E-state index contributed by atoms with van der Waals surface area (Å²) in [7, 11) is 4.85. The number of hydrogen-bond acceptors (Lipinski definition) is 7. The minimum absolute atomic E-state index is 0.477. The normalized spacial score (nSPS) is 15.2. The molecule has 0 bridgehead atoms. The van der Waals surface area contributed by atoms with Crippen molar-refractivity contribution in [3.63, 3.8) is 0 Å². The van der Waals surface area contributed by atoms with E-state index < -0.39 is 0 Å². The number of ether oxygens (including phenoxy) is 3. The first-order valence-corrected chi connectivity index (χ1v) is 10.1. The molecule has 1 N–H and O–H groups in total. The van der Waals surface area contributed by atoms with Crippen molar-refractivity contribution in [3.05, 3.63) is 35.7 Å². The van der Waals surface area contributed by atoms with Crippen LogP contribution in [-0.2, 0) is 13.1 Å². The fourth-order valence-electron chi connectivity index (χ4n) is 3.54. The van der Waals surface area contributed by atoms with Gasteiger partial charge in [-0.25, -0.2) is 4.99 Å². The van der Waals surface area contributed by atoms with E-state index in [1.807, 2.05) is 18.2 Å². The van der Waals surface area contributed by atoms with E-state index >= 15 is 0 Å². The van der Waals surface area contributed by atoms with Gasteiger partial charge in [-0.1, -0.05) is 5.16 Å². The molecule has 164 valence electrons. The molecule has 0 amide bonds. The molecule has 9 nitrogen and oxygen atoms in total. The summed E-state index contributed by atoms with van der Waals surface area (Å²) >= 11 is 0. The number of piperazine rings is 1. The predicted octanol–water partition coefficient (Wildman–Crippen LogP) is 1.98. The van der Waals surface area contributed by atoms with Crippen molar-refractivity contribution in [2.24, 2.45) is 4.99 Å². The Hall–Kier alpha value is -2.94. The lowest BCUT2D eigenvalue weighted by atomic mass is 10.1. The maximum atomic E-state index is 5.58. The highest BCUT2D eigenvalue weighted by Crippen LogP contribution is 2.39. The van der Waals surface area contributed by atoms with Crippen LogP contribution in [0.5, 0.6) is 17.2 Å². The molecular formula is C21H31N5O4. The fourth-order valence-corrected chi connectivity index (χ4v) is 3.54. The zero-order chi connectivity index (χ0) is 21.3. The van der Waals surface area contributed by atoms with Crippen molar-refractivity contribution >= 4 is 5.96 Å². The molecule has 1 aromatic carbocycles. The third kappa shape index (κ3) is 5.15. The van der Waals surface area contributed by atoms with Crippen molar-refractivity contribution in [2.75, 3.05) is 54.1 Å². The molecule has 1 aromatic heterocycles. The highest BCUT2D eigenvalue weighted by molar-refractivity contribution is 5.80. The average Bonchev–Trinajstić information content (AvgIpc) is 3.29. The highest BCUT2D eigenvalue weighted by atomic mass is 16.5. The summed E-state index contributed by atoms with van der Waals surface area (Å²) < 4.78 is 21.4. The lowest BCUT2D eigenvalue weighted by Crippen LogP contribution is -2.52. The van der Waals surface area contributed by atoms with Gasteiger partial charge in [-0.05, 0) is 19.1 Å². The van der Waals surface area contributed by atoms with Crippen LogP contribution in [0, 0.1) is 0 Å². The van der Waals surface area contributed by atoms with E-state index in [1.54, 1.807) is 27.6 Å². The van der Waals surface area contributed by atoms with Crippen LogP contribution in [0.3, 0.4) is 0 Å².